The monoisotopic (exact) mass is 391 g/mol. The van der Waals surface area contributed by atoms with Gasteiger partial charge >= 0.3 is 5.97 Å². The van der Waals surface area contributed by atoms with Crippen LogP contribution in [-0.2, 0) is 18.0 Å². The first-order valence-corrected chi connectivity index (χ1v) is 9.58. The summed E-state index contributed by atoms with van der Waals surface area (Å²) in [4.78, 5) is 17.5. The van der Waals surface area contributed by atoms with Crippen molar-refractivity contribution < 1.29 is 18.7 Å². The zero-order valence-electron chi connectivity index (χ0n) is 14.9. The summed E-state index contributed by atoms with van der Waals surface area (Å²) in [7, 11) is 0. The van der Waals surface area contributed by atoms with E-state index < -0.39 is 5.97 Å². The van der Waals surface area contributed by atoms with E-state index in [4.69, 9.17) is 13.9 Å². The quantitative estimate of drug-likeness (QED) is 0.398. The van der Waals surface area contributed by atoms with Crippen LogP contribution in [0.4, 0.5) is 0 Å². The number of rotatable bonds is 7. The highest BCUT2D eigenvalue weighted by Crippen LogP contribution is 2.24. The molecule has 0 aliphatic rings. The van der Waals surface area contributed by atoms with Gasteiger partial charge in [-0.15, -0.1) is 11.3 Å². The third-order valence-corrected chi connectivity index (χ3v) is 4.83. The molecule has 4 rings (SSSR count). The fourth-order valence-corrected chi connectivity index (χ4v) is 3.19. The first-order valence-electron chi connectivity index (χ1n) is 8.70. The van der Waals surface area contributed by atoms with E-state index in [-0.39, 0.29) is 6.61 Å². The predicted octanol–water partition coefficient (Wildman–Crippen LogP) is 5.34. The molecular formula is C22H17NO4S. The summed E-state index contributed by atoms with van der Waals surface area (Å²) in [5.74, 6) is 0.800. The number of thiophene rings is 1. The number of hydrogen-bond donors (Lipinski definition) is 0. The maximum Gasteiger partial charge on any atom is 0.338 e. The molecule has 5 nitrogen and oxygen atoms in total. The van der Waals surface area contributed by atoms with Gasteiger partial charge in [0.15, 0.2) is 0 Å². The average Bonchev–Trinajstić information content (AvgIpc) is 3.43. The SMILES string of the molecule is O=C(OCc1coc(-c2cccs2)n1)c1ccc(OCc2ccccc2)cc1. The second-order valence-corrected chi connectivity index (χ2v) is 6.94. The van der Waals surface area contributed by atoms with Gasteiger partial charge in [-0.25, -0.2) is 9.78 Å². The Morgan fingerprint density at radius 2 is 1.79 bits per heavy atom. The van der Waals surface area contributed by atoms with E-state index in [1.165, 1.54) is 17.6 Å². The highest BCUT2D eigenvalue weighted by molar-refractivity contribution is 7.13. The molecular weight excluding hydrogens is 374 g/mol. The van der Waals surface area contributed by atoms with Crippen LogP contribution in [0.2, 0.25) is 0 Å². The lowest BCUT2D eigenvalue weighted by Gasteiger charge is -2.07. The van der Waals surface area contributed by atoms with Crippen molar-refractivity contribution in [3.8, 4) is 16.5 Å². The molecule has 0 fully saturated rings. The minimum Gasteiger partial charge on any atom is -0.489 e. The van der Waals surface area contributed by atoms with Crippen LogP contribution in [0.25, 0.3) is 10.8 Å². The van der Waals surface area contributed by atoms with Crippen LogP contribution in [-0.4, -0.2) is 11.0 Å². The van der Waals surface area contributed by atoms with Gasteiger partial charge in [0.1, 0.15) is 30.9 Å². The van der Waals surface area contributed by atoms with Crippen LogP contribution in [0.5, 0.6) is 5.75 Å². The summed E-state index contributed by atoms with van der Waals surface area (Å²) in [5.41, 5.74) is 2.11. The Hall–Kier alpha value is -3.38. The van der Waals surface area contributed by atoms with E-state index >= 15 is 0 Å². The molecule has 0 bridgehead atoms. The molecule has 0 unspecified atom stereocenters. The molecule has 0 radical (unpaired) electrons. The van der Waals surface area contributed by atoms with E-state index in [1.807, 2.05) is 47.8 Å². The van der Waals surface area contributed by atoms with Crippen molar-refractivity contribution in [1.82, 2.24) is 4.98 Å². The maximum absolute atomic E-state index is 12.2. The van der Waals surface area contributed by atoms with Gasteiger partial charge in [-0.3, -0.25) is 0 Å². The number of nitrogens with zero attached hydrogens (tertiary/aromatic N) is 1. The van der Waals surface area contributed by atoms with Gasteiger partial charge in [0, 0.05) is 0 Å². The van der Waals surface area contributed by atoms with Crippen molar-refractivity contribution >= 4 is 17.3 Å². The van der Waals surface area contributed by atoms with Gasteiger partial charge < -0.3 is 13.9 Å². The molecule has 2 aromatic heterocycles. The normalized spacial score (nSPS) is 10.6. The average molecular weight is 391 g/mol. The van der Waals surface area contributed by atoms with E-state index in [1.54, 1.807) is 24.3 Å². The molecule has 0 saturated carbocycles. The Morgan fingerprint density at radius 1 is 0.964 bits per heavy atom. The van der Waals surface area contributed by atoms with Crippen molar-refractivity contribution in [3.05, 3.63) is 95.2 Å². The molecule has 140 valence electrons. The van der Waals surface area contributed by atoms with E-state index in [2.05, 4.69) is 4.98 Å². The molecule has 0 aliphatic carbocycles. The number of aromatic nitrogens is 1. The first-order chi connectivity index (χ1) is 13.8. The van der Waals surface area contributed by atoms with Crippen LogP contribution in [0, 0.1) is 0 Å². The molecule has 4 aromatic rings. The standard InChI is InChI=1S/C22H17NO4S/c24-22(27-15-18-14-26-21(23-18)20-7-4-12-28-20)17-8-10-19(11-9-17)25-13-16-5-2-1-3-6-16/h1-12,14H,13,15H2. The second-order valence-electron chi connectivity index (χ2n) is 6.00. The minimum absolute atomic E-state index is 0.0555. The van der Waals surface area contributed by atoms with Crippen LogP contribution in [0.15, 0.2) is 82.8 Å². The van der Waals surface area contributed by atoms with Crippen molar-refractivity contribution in [1.29, 1.82) is 0 Å². The second kappa shape index (κ2) is 8.54. The van der Waals surface area contributed by atoms with Crippen LogP contribution >= 0.6 is 11.3 Å². The van der Waals surface area contributed by atoms with E-state index in [0.717, 1.165) is 10.4 Å². The highest BCUT2D eigenvalue weighted by Gasteiger charge is 2.11. The fraction of sp³-hybridized carbons (Fsp3) is 0.0909. The Labute approximate surface area is 166 Å². The summed E-state index contributed by atoms with van der Waals surface area (Å²) < 4.78 is 16.5. The van der Waals surface area contributed by atoms with Gasteiger partial charge in [-0.1, -0.05) is 36.4 Å². The minimum atomic E-state index is -0.421. The Bertz CT molecular complexity index is 1020. The number of oxazole rings is 1. The largest absolute Gasteiger partial charge is 0.489 e. The molecule has 0 saturated heterocycles. The number of hydrogen-bond acceptors (Lipinski definition) is 6. The maximum atomic E-state index is 12.2. The van der Waals surface area contributed by atoms with Crippen LogP contribution in [0.3, 0.4) is 0 Å². The Morgan fingerprint density at radius 3 is 2.54 bits per heavy atom. The summed E-state index contributed by atoms with van der Waals surface area (Å²) in [6, 6.07) is 20.6. The Balaban J connectivity index is 1.30. The van der Waals surface area contributed by atoms with Gasteiger partial charge in [0.2, 0.25) is 5.89 Å². The number of ether oxygens (including phenoxy) is 2. The molecule has 2 aromatic carbocycles. The third-order valence-electron chi connectivity index (χ3n) is 3.97. The zero-order chi connectivity index (χ0) is 19.2. The molecule has 28 heavy (non-hydrogen) atoms. The molecule has 0 atom stereocenters. The Kier molecular flexibility index (Phi) is 5.49. The van der Waals surface area contributed by atoms with Crippen molar-refractivity contribution in [2.75, 3.05) is 0 Å². The van der Waals surface area contributed by atoms with Crippen LogP contribution < -0.4 is 4.74 Å². The van der Waals surface area contributed by atoms with Crippen molar-refractivity contribution in [2.24, 2.45) is 0 Å². The smallest absolute Gasteiger partial charge is 0.338 e. The zero-order valence-corrected chi connectivity index (χ0v) is 15.7. The lowest BCUT2D eigenvalue weighted by molar-refractivity contribution is 0.0467. The number of carbonyl (C=O) groups is 1. The summed E-state index contributed by atoms with van der Waals surface area (Å²) in [5, 5.41) is 1.95. The predicted molar refractivity (Wildman–Crippen MR) is 106 cm³/mol. The topological polar surface area (TPSA) is 61.6 Å². The van der Waals surface area contributed by atoms with Gasteiger partial charge in [-0.2, -0.15) is 0 Å². The molecule has 0 N–H and O–H groups in total. The lowest BCUT2D eigenvalue weighted by atomic mass is 10.2. The molecule has 2 heterocycles. The van der Waals surface area contributed by atoms with E-state index in [9.17, 15) is 4.79 Å². The summed E-state index contributed by atoms with van der Waals surface area (Å²) >= 11 is 1.54. The molecule has 0 amide bonds. The molecule has 0 spiro atoms. The molecule has 6 heteroatoms. The fourth-order valence-electron chi connectivity index (χ4n) is 2.54. The van der Waals surface area contributed by atoms with Crippen LogP contribution in [0.1, 0.15) is 21.6 Å². The number of esters is 1. The lowest BCUT2D eigenvalue weighted by Crippen LogP contribution is -2.05. The van der Waals surface area contributed by atoms with Crippen molar-refractivity contribution in [2.45, 2.75) is 13.2 Å². The van der Waals surface area contributed by atoms with Crippen molar-refractivity contribution in [3.63, 3.8) is 0 Å². The number of carbonyl (C=O) groups excluding carboxylic acids is 1. The summed E-state index contributed by atoms with van der Waals surface area (Å²) in [6.07, 6.45) is 1.50. The van der Waals surface area contributed by atoms with E-state index in [0.29, 0.717) is 29.5 Å². The number of benzene rings is 2. The van der Waals surface area contributed by atoms with Gasteiger partial charge in [0.05, 0.1) is 10.4 Å². The first kappa shape index (κ1) is 18.0. The third kappa shape index (κ3) is 4.47. The highest BCUT2D eigenvalue weighted by atomic mass is 32.1. The summed E-state index contributed by atoms with van der Waals surface area (Å²) in [6.45, 7) is 0.531. The molecule has 0 aliphatic heterocycles. The van der Waals surface area contributed by atoms with Gasteiger partial charge in [0.25, 0.3) is 0 Å². The van der Waals surface area contributed by atoms with Gasteiger partial charge in [-0.05, 0) is 41.3 Å².